The molecule has 1 saturated heterocycles. The maximum absolute atomic E-state index is 13.7. The molecule has 2 aromatic rings. The summed E-state index contributed by atoms with van der Waals surface area (Å²) >= 11 is 0. The number of benzene rings is 1. The van der Waals surface area contributed by atoms with Crippen LogP contribution in [0.5, 0.6) is 0 Å². The molecule has 0 saturated carbocycles. The number of fused-ring (bicyclic) bond motifs is 3. The van der Waals surface area contributed by atoms with Crippen LogP contribution in [0.25, 0.3) is 0 Å². The summed E-state index contributed by atoms with van der Waals surface area (Å²) in [7, 11) is 0. The monoisotopic (exact) mass is 362 g/mol. The Kier molecular flexibility index (Phi) is 4.60. The van der Waals surface area contributed by atoms with E-state index in [9.17, 15) is 4.79 Å². The van der Waals surface area contributed by atoms with Crippen molar-refractivity contribution in [2.75, 3.05) is 0 Å². The Morgan fingerprint density at radius 1 is 1.37 bits per heavy atom. The molecule has 1 fully saturated rings. The standard InChI is InChI=1S/C23H26N2O2/c1-4-8-18(13-16-9-7-12-24-15-16)22(26)25-21-19-11-6-5-10-17(19)14-20(21)27-23(25,2)3/h4-7,9-12,15,18,20-21H,1,8,13-14H2,2-3H3/t18-,20+,21-/m0/s1. The van der Waals surface area contributed by atoms with Crippen molar-refractivity contribution in [3.63, 3.8) is 0 Å². The second-order valence-electron chi connectivity index (χ2n) is 7.95. The van der Waals surface area contributed by atoms with Gasteiger partial charge in [0.1, 0.15) is 5.72 Å². The van der Waals surface area contributed by atoms with Gasteiger partial charge in [-0.2, -0.15) is 0 Å². The minimum Gasteiger partial charge on any atom is -0.350 e. The fraction of sp³-hybridized carbons (Fsp3) is 0.391. The zero-order valence-electron chi connectivity index (χ0n) is 16.0. The molecular formula is C23H26N2O2. The van der Waals surface area contributed by atoms with Gasteiger partial charge in [0.2, 0.25) is 5.91 Å². The third-order valence-electron chi connectivity index (χ3n) is 5.69. The highest BCUT2D eigenvalue weighted by Gasteiger charge is 2.54. The predicted octanol–water partition coefficient (Wildman–Crippen LogP) is 4.08. The molecule has 2 heterocycles. The van der Waals surface area contributed by atoms with Crippen molar-refractivity contribution in [3.8, 4) is 0 Å². The van der Waals surface area contributed by atoms with Gasteiger partial charge in [0.05, 0.1) is 12.1 Å². The lowest BCUT2D eigenvalue weighted by atomic mass is 9.93. The minimum atomic E-state index is -0.617. The number of ether oxygens (including phenoxy) is 1. The van der Waals surface area contributed by atoms with Gasteiger partial charge in [-0.15, -0.1) is 6.58 Å². The molecular weight excluding hydrogens is 336 g/mol. The third kappa shape index (κ3) is 3.19. The Labute approximate surface area is 160 Å². The average molecular weight is 362 g/mol. The lowest BCUT2D eigenvalue weighted by molar-refractivity contribution is -0.152. The van der Waals surface area contributed by atoms with E-state index < -0.39 is 5.72 Å². The first kappa shape index (κ1) is 17.9. The summed E-state index contributed by atoms with van der Waals surface area (Å²) in [4.78, 5) is 19.9. The smallest absolute Gasteiger partial charge is 0.229 e. The van der Waals surface area contributed by atoms with Gasteiger partial charge in [0, 0.05) is 24.7 Å². The van der Waals surface area contributed by atoms with Crippen LogP contribution in [0.15, 0.2) is 61.4 Å². The molecule has 3 atom stereocenters. The number of nitrogens with zero attached hydrogens (tertiary/aromatic N) is 2. The van der Waals surface area contributed by atoms with Crippen LogP contribution in [0, 0.1) is 5.92 Å². The van der Waals surface area contributed by atoms with Crippen molar-refractivity contribution in [2.24, 2.45) is 5.92 Å². The number of aromatic nitrogens is 1. The van der Waals surface area contributed by atoms with E-state index in [2.05, 4.69) is 29.8 Å². The summed E-state index contributed by atoms with van der Waals surface area (Å²) in [6, 6.07) is 12.3. The number of hydrogen-bond donors (Lipinski definition) is 0. The van der Waals surface area contributed by atoms with Crippen LogP contribution in [0.3, 0.4) is 0 Å². The van der Waals surface area contributed by atoms with E-state index in [1.807, 2.05) is 49.2 Å². The maximum Gasteiger partial charge on any atom is 0.229 e. The Morgan fingerprint density at radius 2 is 2.19 bits per heavy atom. The lowest BCUT2D eigenvalue weighted by Gasteiger charge is -2.36. The first-order valence-corrected chi connectivity index (χ1v) is 9.60. The summed E-state index contributed by atoms with van der Waals surface area (Å²) in [5.41, 5.74) is 2.96. The molecule has 27 heavy (non-hydrogen) atoms. The number of carbonyl (C=O) groups excluding carboxylic acids is 1. The van der Waals surface area contributed by atoms with Crippen molar-refractivity contribution in [1.29, 1.82) is 0 Å². The molecule has 4 rings (SSSR count). The van der Waals surface area contributed by atoms with Gasteiger partial charge in [0.25, 0.3) is 0 Å². The van der Waals surface area contributed by atoms with Gasteiger partial charge in [-0.25, -0.2) is 0 Å². The number of carbonyl (C=O) groups is 1. The summed E-state index contributed by atoms with van der Waals surface area (Å²) in [5, 5.41) is 0. The highest BCUT2D eigenvalue weighted by atomic mass is 16.5. The van der Waals surface area contributed by atoms with E-state index in [1.54, 1.807) is 6.20 Å². The number of hydrogen-bond acceptors (Lipinski definition) is 3. The van der Waals surface area contributed by atoms with Gasteiger partial charge in [-0.05, 0) is 49.4 Å². The number of amides is 1. The van der Waals surface area contributed by atoms with Gasteiger partial charge >= 0.3 is 0 Å². The van der Waals surface area contributed by atoms with Gasteiger partial charge in [-0.1, -0.05) is 36.4 Å². The molecule has 0 N–H and O–H groups in total. The van der Waals surface area contributed by atoms with Crippen molar-refractivity contribution < 1.29 is 9.53 Å². The van der Waals surface area contributed by atoms with Gasteiger partial charge in [-0.3, -0.25) is 9.78 Å². The maximum atomic E-state index is 13.7. The normalized spacial score (nSPS) is 23.6. The van der Waals surface area contributed by atoms with Crippen molar-refractivity contribution >= 4 is 5.91 Å². The summed E-state index contributed by atoms with van der Waals surface area (Å²) < 4.78 is 6.33. The number of rotatable bonds is 5. The summed E-state index contributed by atoms with van der Waals surface area (Å²) in [5.74, 6) is -0.0333. The van der Waals surface area contributed by atoms with E-state index >= 15 is 0 Å². The van der Waals surface area contributed by atoms with E-state index in [-0.39, 0.29) is 24.0 Å². The zero-order valence-corrected chi connectivity index (χ0v) is 16.0. The minimum absolute atomic E-state index is 0.00934. The molecule has 140 valence electrons. The molecule has 4 heteroatoms. The summed E-state index contributed by atoms with van der Waals surface area (Å²) in [6.07, 6.45) is 7.62. The number of pyridine rings is 1. The van der Waals surface area contributed by atoms with Crippen LogP contribution in [0.2, 0.25) is 0 Å². The first-order chi connectivity index (χ1) is 13.0. The van der Waals surface area contributed by atoms with Crippen molar-refractivity contribution in [3.05, 3.63) is 78.1 Å². The molecule has 0 radical (unpaired) electrons. The topological polar surface area (TPSA) is 42.4 Å². The van der Waals surface area contributed by atoms with E-state index in [1.165, 1.54) is 11.1 Å². The van der Waals surface area contributed by atoms with E-state index in [0.29, 0.717) is 12.8 Å². The Bertz CT molecular complexity index is 846. The van der Waals surface area contributed by atoms with Crippen LogP contribution >= 0.6 is 0 Å². The molecule has 0 bridgehead atoms. The number of allylic oxidation sites excluding steroid dienone is 1. The van der Waals surface area contributed by atoms with Crippen LogP contribution < -0.4 is 0 Å². The second kappa shape index (κ2) is 6.93. The van der Waals surface area contributed by atoms with Crippen LogP contribution in [-0.2, 0) is 22.4 Å². The predicted molar refractivity (Wildman–Crippen MR) is 105 cm³/mol. The van der Waals surface area contributed by atoms with Gasteiger partial charge < -0.3 is 9.64 Å². The van der Waals surface area contributed by atoms with Crippen LogP contribution in [0.4, 0.5) is 0 Å². The SMILES string of the molecule is C=CC[C@@H](Cc1cccnc1)C(=O)N1[C@H]2c3ccccc3C[C@H]2OC1(C)C. The van der Waals surface area contributed by atoms with Crippen molar-refractivity contribution in [2.45, 2.75) is 51.0 Å². The highest BCUT2D eigenvalue weighted by Crippen LogP contribution is 2.48. The first-order valence-electron chi connectivity index (χ1n) is 9.60. The molecule has 2 aliphatic rings. The van der Waals surface area contributed by atoms with E-state index in [0.717, 1.165) is 12.0 Å². The van der Waals surface area contributed by atoms with Crippen LogP contribution in [-0.4, -0.2) is 27.6 Å². The fourth-order valence-corrected chi connectivity index (χ4v) is 4.59. The molecule has 1 aliphatic carbocycles. The quantitative estimate of drug-likeness (QED) is 0.753. The van der Waals surface area contributed by atoms with Crippen LogP contribution in [0.1, 0.15) is 43.0 Å². The van der Waals surface area contributed by atoms with E-state index in [4.69, 9.17) is 4.74 Å². The van der Waals surface area contributed by atoms with Gasteiger partial charge in [0.15, 0.2) is 0 Å². The Morgan fingerprint density at radius 3 is 2.93 bits per heavy atom. The third-order valence-corrected chi connectivity index (χ3v) is 5.69. The molecule has 1 amide bonds. The second-order valence-corrected chi connectivity index (χ2v) is 7.95. The zero-order chi connectivity index (χ0) is 19.0. The lowest BCUT2D eigenvalue weighted by Crippen LogP contribution is -2.47. The molecule has 0 spiro atoms. The molecule has 1 aromatic heterocycles. The fourth-order valence-electron chi connectivity index (χ4n) is 4.59. The van der Waals surface area contributed by atoms with Crippen molar-refractivity contribution in [1.82, 2.24) is 9.88 Å². The molecule has 1 aromatic carbocycles. The highest BCUT2D eigenvalue weighted by molar-refractivity contribution is 5.81. The largest absolute Gasteiger partial charge is 0.350 e. The molecule has 4 nitrogen and oxygen atoms in total. The average Bonchev–Trinajstić information content (AvgIpc) is 3.12. The summed E-state index contributed by atoms with van der Waals surface area (Å²) in [6.45, 7) is 7.87. The Balaban J connectivity index is 1.66. The Hall–Kier alpha value is -2.46. The molecule has 1 aliphatic heterocycles. The molecule has 0 unspecified atom stereocenters.